The Morgan fingerprint density at radius 1 is 1.19 bits per heavy atom. The maximum absolute atomic E-state index is 14.4. The van der Waals surface area contributed by atoms with E-state index in [1.54, 1.807) is 24.3 Å². The number of aliphatic hydroxyl groups is 2. The van der Waals surface area contributed by atoms with Crippen molar-refractivity contribution in [1.82, 2.24) is 4.90 Å². The minimum absolute atomic E-state index is 0.0811. The van der Waals surface area contributed by atoms with Gasteiger partial charge in [-0.3, -0.25) is 0 Å². The molecule has 0 radical (unpaired) electrons. The highest BCUT2D eigenvalue weighted by molar-refractivity contribution is 5.68. The molecule has 6 nitrogen and oxygen atoms in total. The molecule has 1 aliphatic heterocycles. The number of β-amino-alcohol motifs (C(OH)–C–C–N with tert-alkyl or cyclic N) is 1. The van der Waals surface area contributed by atoms with Crippen LogP contribution in [0.2, 0.25) is 0 Å². The van der Waals surface area contributed by atoms with Crippen molar-refractivity contribution in [3.05, 3.63) is 47.8 Å². The molecule has 2 N–H and O–H groups in total. The van der Waals surface area contributed by atoms with Crippen LogP contribution in [0, 0.1) is 22.6 Å². The number of aliphatic hydroxyl groups excluding tert-OH is 2. The highest BCUT2D eigenvalue weighted by atomic mass is 19.1. The minimum atomic E-state index is -0.699. The molecule has 1 unspecified atom stereocenters. The summed E-state index contributed by atoms with van der Waals surface area (Å²) in [4.78, 5) is 2.14. The summed E-state index contributed by atoms with van der Waals surface area (Å²) in [5.74, 6) is 0.548. The second-order valence-corrected chi connectivity index (χ2v) is 8.31. The zero-order chi connectivity index (χ0) is 22.4. The van der Waals surface area contributed by atoms with Crippen LogP contribution in [-0.4, -0.2) is 54.6 Å². The van der Waals surface area contributed by atoms with Gasteiger partial charge in [0.1, 0.15) is 30.0 Å². The fraction of sp³-hybridized carbons (Fsp3) is 0.458. The third-order valence-corrected chi connectivity index (χ3v) is 5.78. The summed E-state index contributed by atoms with van der Waals surface area (Å²) in [6, 6.07) is 11.9. The molecule has 0 aromatic heterocycles. The number of hydrogen-bond acceptors (Lipinski definition) is 6. The second-order valence-electron chi connectivity index (χ2n) is 8.31. The summed E-state index contributed by atoms with van der Waals surface area (Å²) < 4.78 is 25.5. The molecule has 1 aliphatic rings. The first-order valence-corrected chi connectivity index (χ1v) is 10.4. The van der Waals surface area contributed by atoms with E-state index in [0.29, 0.717) is 34.7 Å². The Balaban J connectivity index is 1.66. The summed E-state index contributed by atoms with van der Waals surface area (Å²) in [6.07, 6.45) is 0.874. The lowest BCUT2D eigenvalue weighted by Crippen LogP contribution is -2.43. The summed E-state index contributed by atoms with van der Waals surface area (Å²) in [5.41, 5.74) is 1.22. The predicted octanol–water partition coefficient (Wildman–Crippen LogP) is 3.36. The maximum atomic E-state index is 14.4. The van der Waals surface area contributed by atoms with Gasteiger partial charge in [0.05, 0.1) is 25.2 Å². The monoisotopic (exact) mass is 428 g/mol. The largest absolute Gasteiger partial charge is 0.497 e. The number of nitrogens with zero attached hydrogens (tertiary/aromatic N) is 2. The third-order valence-electron chi connectivity index (χ3n) is 5.78. The van der Waals surface area contributed by atoms with Crippen molar-refractivity contribution in [2.24, 2.45) is 5.41 Å². The first-order valence-electron chi connectivity index (χ1n) is 10.4. The number of methoxy groups -OCH3 is 1. The van der Waals surface area contributed by atoms with E-state index in [-0.39, 0.29) is 18.6 Å². The molecule has 0 saturated carbocycles. The lowest BCUT2D eigenvalue weighted by molar-refractivity contribution is 0.0496. The van der Waals surface area contributed by atoms with E-state index < -0.39 is 11.9 Å². The number of hydrogen-bond donors (Lipinski definition) is 2. The number of nitriles is 1. The van der Waals surface area contributed by atoms with Crippen LogP contribution in [0.4, 0.5) is 4.39 Å². The number of piperidine rings is 1. The van der Waals surface area contributed by atoms with Gasteiger partial charge in [0.2, 0.25) is 0 Å². The average molecular weight is 429 g/mol. The fourth-order valence-corrected chi connectivity index (χ4v) is 3.70. The SMILES string of the molecule is COc1cc(OCC(O)CN2CCC(C)(C#N)CC2)cc(-c2cc(CO)ccc2F)c1. The van der Waals surface area contributed by atoms with E-state index in [9.17, 15) is 19.9 Å². The van der Waals surface area contributed by atoms with Crippen LogP contribution in [-0.2, 0) is 6.61 Å². The van der Waals surface area contributed by atoms with Crippen LogP contribution in [0.25, 0.3) is 11.1 Å². The number of ether oxygens (including phenoxy) is 2. The van der Waals surface area contributed by atoms with Crippen LogP contribution in [0.15, 0.2) is 36.4 Å². The molecule has 0 amide bonds. The van der Waals surface area contributed by atoms with Crippen molar-refractivity contribution in [2.75, 3.05) is 33.4 Å². The van der Waals surface area contributed by atoms with Crippen LogP contribution >= 0.6 is 0 Å². The molecule has 7 heteroatoms. The van der Waals surface area contributed by atoms with Crippen molar-refractivity contribution in [3.63, 3.8) is 0 Å². The van der Waals surface area contributed by atoms with Gasteiger partial charge in [-0.2, -0.15) is 5.26 Å². The standard InChI is InChI=1S/C24H29FN2O4/c1-24(16-26)5-7-27(8-6-24)13-19(29)15-31-21-11-18(10-20(12-21)30-2)22-9-17(14-28)3-4-23(22)25/h3-4,9-12,19,28-29H,5-8,13-15H2,1-2H3. The second kappa shape index (κ2) is 10.1. The normalized spacial score (nSPS) is 17.0. The molecule has 1 heterocycles. The highest BCUT2D eigenvalue weighted by Gasteiger charge is 2.30. The molecule has 0 spiro atoms. The van der Waals surface area contributed by atoms with E-state index in [0.717, 1.165) is 25.9 Å². The fourth-order valence-electron chi connectivity index (χ4n) is 3.70. The van der Waals surface area contributed by atoms with Crippen molar-refractivity contribution < 1.29 is 24.1 Å². The molecular formula is C24H29FN2O4. The summed E-state index contributed by atoms with van der Waals surface area (Å²) in [5, 5.41) is 29.0. The van der Waals surface area contributed by atoms with Crippen LogP contribution < -0.4 is 9.47 Å². The Morgan fingerprint density at radius 2 is 1.90 bits per heavy atom. The first kappa shape index (κ1) is 23.0. The van der Waals surface area contributed by atoms with Crippen LogP contribution in [0.5, 0.6) is 11.5 Å². The van der Waals surface area contributed by atoms with E-state index in [4.69, 9.17) is 9.47 Å². The van der Waals surface area contributed by atoms with Crippen molar-refractivity contribution in [2.45, 2.75) is 32.5 Å². The number of rotatable bonds is 8. The molecule has 31 heavy (non-hydrogen) atoms. The molecule has 1 atom stereocenters. The van der Waals surface area contributed by atoms with Gasteiger partial charge in [-0.1, -0.05) is 6.07 Å². The minimum Gasteiger partial charge on any atom is -0.497 e. The molecule has 1 fully saturated rings. The summed E-state index contributed by atoms with van der Waals surface area (Å²) in [6.45, 7) is 3.87. The van der Waals surface area contributed by atoms with Gasteiger partial charge >= 0.3 is 0 Å². The number of halogens is 1. The van der Waals surface area contributed by atoms with Gasteiger partial charge in [0.25, 0.3) is 0 Å². The van der Waals surface area contributed by atoms with Gasteiger partial charge in [0, 0.05) is 18.2 Å². The summed E-state index contributed by atoms with van der Waals surface area (Å²) in [7, 11) is 1.52. The lowest BCUT2D eigenvalue weighted by atomic mass is 9.82. The molecule has 1 saturated heterocycles. The highest BCUT2D eigenvalue weighted by Crippen LogP contribution is 2.32. The molecule has 166 valence electrons. The van der Waals surface area contributed by atoms with Gasteiger partial charge in [-0.25, -0.2) is 4.39 Å². The first-order chi connectivity index (χ1) is 14.9. The van der Waals surface area contributed by atoms with E-state index in [2.05, 4.69) is 11.0 Å². The molecule has 2 aromatic rings. The molecule has 2 aromatic carbocycles. The maximum Gasteiger partial charge on any atom is 0.131 e. The van der Waals surface area contributed by atoms with E-state index in [1.807, 2.05) is 6.92 Å². The molecule has 0 aliphatic carbocycles. The third kappa shape index (κ3) is 5.95. The Bertz CT molecular complexity index is 936. The number of benzene rings is 2. The summed E-state index contributed by atoms with van der Waals surface area (Å²) >= 11 is 0. The smallest absolute Gasteiger partial charge is 0.131 e. The van der Waals surface area contributed by atoms with Crippen molar-refractivity contribution in [3.8, 4) is 28.7 Å². The van der Waals surface area contributed by atoms with Gasteiger partial charge in [0.15, 0.2) is 0 Å². The van der Waals surface area contributed by atoms with Gasteiger partial charge in [-0.05, 0) is 68.2 Å². The Kier molecular flexibility index (Phi) is 7.50. The van der Waals surface area contributed by atoms with Crippen molar-refractivity contribution >= 4 is 0 Å². The topological polar surface area (TPSA) is 86.0 Å². The Labute approximate surface area is 182 Å². The van der Waals surface area contributed by atoms with Crippen molar-refractivity contribution in [1.29, 1.82) is 5.26 Å². The van der Waals surface area contributed by atoms with E-state index >= 15 is 0 Å². The average Bonchev–Trinajstić information content (AvgIpc) is 2.79. The van der Waals surface area contributed by atoms with Gasteiger partial charge < -0.3 is 24.6 Å². The molecule has 3 rings (SSSR count). The quantitative estimate of drug-likeness (QED) is 0.671. The predicted molar refractivity (Wildman–Crippen MR) is 115 cm³/mol. The Morgan fingerprint density at radius 3 is 2.55 bits per heavy atom. The van der Waals surface area contributed by atoms with Gasteiger partial charge in [-0.15, -0.1) is 0 Å². The van der Waals surface area contributed by atoms with Crippen LogP contribution in [0.3, 0.4) is 0 Å². The van der Waals surface area contributed by atoms with Crippen LogP contribution in [0.1, 0.15) is 25.3 Å². The lowest BCUT2D eigenvalue weighted by Gasteiger charge is -2.35. The Hall–Kier alpha value is -2.66. The molecule has 0 bridgehead atoms. The zero-order valence-corrected chi connectivity index (χ0v) is 18.0. The zero-order valence-electron chi connectivity index (χ0n) is 18.0. The molecular weight excluding hydrogens is 399 g/mol. The number of likely N-dealkylation sites (tertiary alicyclic amines) is 1. The van der Waals surface area contributed by atoms with E-state index in [1.165, 1.54) is 19.2 Å².